The molecular formula is C25H19N3O5S. The molecular weight excluding hydrogens is 454 g/mol. The van der Waals surface area contributed by atoms with Crippen LogP contribution in [0.2, 0.25) is 0 Å². The van der Waals surface area contributed by atoms with Gasteiger partial charge in [0.2, 0.25) is 15.7 Å². The summed E-state index contributed by atoms with van der Waals surface area (Å²) in [7, 11) is -2.64. The van der Waals surface area contributed by atoms with Gasteiger partial charge in [-0.05, 0) is 61.0 Å². The summed E-state index contributed by atoms with van der Waals surface area (Å²) in [5.41, 5.74) is 0.313. The normalized spacial score (nSPS) is 11.7. The summed E-state index contributed by atoms with van der Waals surface area (Å²) in [5, 5.41) is 9.69. The maximum absolute atomic E-state index is 13.4. The van der Waals surface area contributed by atoms with Gasteiger partial charge in [0.1, 0.15) is 33.7 Å². The molecule has 0 saturated heterocycles. The Hall–Kier alpha value is -4.42. The number of hydrogen-bond acceptors (Lipinski definition) is 7. The van der Waals surface area contributed by atoms with Crippen molar-refractivity contribution < 1.29 is 17.9 Å². The van der Waals surface area contributed by atoms with Crippen LogP contribution >= 0.6 is 0 Å². The highest BCUT2D eigenvalue weighted by Crippen LogP contribution is 2.28. The van der Waals surface area contributed by atoms with Crippen LogP contribution < -0.4 is 15.0 Å². The van der Waals surface area contributed by atoms with Crippen molar-refractivity contribution in [3.63, 3.8) is 0 Å². The second-order valence-corrected chi connectivity index (χ2v) is 9.15. The minimum absolute atomic E-state index is 0.0647. The van der Waals surface area contributed by atoms with Gasteiger partial charge in [0, 0.05) is 6.20 Å². The maximum atomic E-state index is 13.4. The van der Waals surface area contributed by atoms with Crippen molar-refractivity contribution in [3.8, 4) is 23.4 Å². The first-order chi connectivity index (χ1) is 16.3. The van der Waals surface area contributed by atoms with E-state index in [9.17, 15) is 18.5 Å². The topological polar surface area (TPSA) is 111 Å². The van der Waals surface area contributed by atoms with Gasteiger partial charge in [-0.3, -0.25) is 9.20 Å². The highest BCUT2D eigenvalue weighted by Gasteiger charge is 2.23. The zero-order valence-electron chi connectivity index (χ0n) is 18.3. The molecule has 0 N–H and O–H groups in total. The number of fused-ring (bicyclic) bond motifs is 1. The van der Waals surface area contributed by atoms with Gasteiger partial charge in [-0.15, -0.1) is 0 Å². The molecule has 0 aliphatic rings. The van der Waals surface area contributed by atoms with E-state index in [1.807, 2.05) is 0 Å². The summed E-state index contributed by atoms with van der Waals surface area (Å²) < 4.78 is 38.4. The Morgan fingerprint density at radius 2 is 1.71 bits per heavy atom. The molecule has 2 aromatic carbocycles. The van der Waals surface area contributed by atoms with Crippen molar-refractivity contribution in [2.24, 2.45) is 0 Å². The van der Waals surface area contributed by atoms with Gasteiger partial charge >= 0.3 is 0 Å². The maximum Gasteiger partial charge on any atom is 0.269 e. The number of aryl methyl sites for hydroxylation is 1. The minimum Gasteiger partial charge on any atom is -0.497 e. The predicted molar refractivity (Wildman–Crippen MR) is 126 cm³/mol. The van der Waals surface area contributed by atoms with E-state index >= 15 is 0 Å². The number of aromatic nitrogens is 2. The van der Waals surface area contributed by atoms with Crippen LogP contribution in [-0.4, -0.2) is 24.9 Å². The molecule has 9 heteroatoms. The van der Waals surface area contributed by atoms with E-state index in [0.717, 1.165) is 6.08 Å². The van der Waals surface area contributed by atoms with Gasteiger partial charge in [-0.2, -0.15) is 10.2 Å². The van der Waals surface area contributed by atoms with E-state index < -0.39 is 20.3 Å². The van der Waals surface area contributed by atoms with E-state index in [1.54, 1.807) is 67.6 Å². The Morgan fingerprint density at radius 3 is 2.35 bits per heavy atom. The molecule has 0 atom stereocenters. The summed E-state index contributed by atoms with van der Waals surface area (Å²) in [6.07, 6.45) is 2.52. The lowest BCUT2D eigenvalue weighted by molar-refractivity contribution is 0.412. The Morgan fingerprint density at radius 1 is 1.03 bits per heavy atom. The first kappa shape index (κ1) is 22.8. The van der Waals surface area contributed by atoms with E-state index in [4.69, 9.17) is 9.47 Å². The second kappa shape index (κ2) is 9.21. The van der Waals surface area contributed by atoms with Crippen LogP contribution in [0.3, 0.4) is 0 Å². The molecule has 0 fully saturated rings. The molecule has 34 heavy (non-hydrogen) atoms. The fourth-order valence-corrected chi connectivity index (χ4v) is 4.44. The molecule has 170 valence electrons. The van der Waals surface area contributed by atoms with Crippen LogP contribution in [0, 0.1) is 18.3 Å². The molecule has 0 aliphatic heterocycles. The number of ether oxygens (including phenoxy) is 2. The number of allylic oxidation sites excluding steroid dienone is 1. The van der Waals surface area contributed by atoms with E-state index in [1.165, 1.54) is 29.8 Å². The molecule has 0 unspecified atom stereocenters. The van der Waals surface area contributed by atoms with Crippen molar-refractivity contribution in [2.75, 3.05) is 7.11 Å². The number of rotatable bonds is 6. The first-order valence-electron chi connectivity index (χ1n) is 10.1. The standard InChI is InChI=1S/C25H19N3O5S/c1-17-7-6-14-28-23(17)27-24(33-19-12-10-18(32-2)11-13-19)22(25(28)29)15-21(16-26)34(30,31)20-8-4-3-5-9-20/h3-15H,1-2H3. The summed E-state index contributed by atoms with van der Waals surface area (Å²) >= 11 is 0. The molecule has 8 nitrogen and oxygen atoms in total. The van der Waals surface area contributed by atoms with E-state index in [0.29, 0.717) is 22.7 Å². The number of methoxy groups -OCH3 is 1. The van der Waals surface area contributed by atoms with Gasteiger partial charge in [-0.1, -0.05) is 24.3 Å². The van der Waals surface area contributed by atoms with Gasteiger partial charge in [0.25, 0.3) is 5.56 Å². The third kappa shape index (κ3) is 4.27. The number of sulfone groups is 1. The largest absolute Gasteiger partial charge is 0.497 e. The Kier molecular flexibility index (Phi) is 6.17. The molecule has 0 aliphatic carbocycles. The fraction of sp³-hybridized carbons (Fsp3) is 0.0800. The third-order valence-electron chi connectivity index (χ3n) is 5.05. The van der Waals surface area contributed by atoms with Crippen molar-refractivity contribution in [1.29, 1.82) is 5.26 Å². The number of hydrogen-bond donors (Lipinski definition) is 0. The Bertz CT molecular complexity index is 1600. The highest BCUT2D eigenvalue weighted by molar-refractivity contribution is 7.95. The average Bonchev–Trinajstić information content (AvgIpc) is 2.85. The van der Waals surface area contributed by atoms with Gasteiger partial charge in [0.05, 0.1) is 12.0 Å². The molecule has 0 amide bonds. The number of benzene rings is 2. The van der Waals surface area contributed by atoms with Crippen LogP contribution in [0.15, 0.2) is 87.5 Å². The lowest BCUT2D eigenvalue weighted by atomic mass is 10.2. The zero-order valence-corrected chi connectivity index (χ0v) is 19.1. The molecule has 0 spiro atoms. The van der Waals surface area contributed by atoms with Crippen molar-refractivity contribution >= 4 is 21.6 Å². The third-order valence-corrected chi connectivity index (χ3v) is 6.73. The molecule has 0 radical (unpaired) electrons. The Labute approximate surface area is 195 Å². The monoisotopic (exact) mass is 473 g/mol. The van der Waals surface area contributed by atoms with Crippen molar-refractivity contribution in [1.82, 2.24) is 9.38 Å². The molecule has 4 aromatic rings. The van der Waals surface area contributed by atoms with Crippen molar-refractivity contribution in [3.05, 3.63) is 99.3 Å². The summed E-state index contributed by atoms with van der Waals surface area (Å²) in [6.45, 7) is 1.79. The van der Waals surface area contributed by atoms with Crippen LogP contribution in [0.4, 0.5) is 0 Å². The number of nitrogens with zero attached hydrogens (tertiary/aromatic N) is 3. The smallest absolute Gasteiger partial charge is 0.269 e. The number of pyridine rings is 1. The molecule has 2 aromatic heterocycles. The first-order valence-corrected chi connectivity index (χ1v) is 11.6. The van der Waals surface area contributed by atoms with E-state index in [2.05, 4.69) is 4.98 Å². The molecule has 4 rings (SSSR count). The summed E-state index contributed by atoms with van der Waals surface area (Å²) in [5.74, 6) is 0.834. The fourth-order valence-electron chi connectivity index (χ4n) is 3.28. The Balaban J connectivity index is 1.94. The second-order valence-electron chi connectivity index (χ2n) is 7.24. The van der Waals surface area contributed by atoms with Crippen LogP contribution in [-0.2, 0) is 9.84 Å². The van der Waals surface area contributed by atoms with Gasteiger partial charge < -0.3 is 9.47 Å². The summed E-state index contributed by atoms with van der Waals surface area (Å²) in [6, 6.07) is 19.3. The SMILES string of the molecule is COc1ccc(Oc2nc3c(C)cccn3c(=O)c2C=C(C#N)S(=O)(=O)c2ccccc2)cc1. The lowest BCUT2D eigenvalue weighted by Crippen LogP contribution is -2.20. The van der Waals surface area contributed by atoms with Crippen LogP contribution in [0.25, 0.3) is 11.7 Å². The summed E-state index contributed by atoms with van der Waals surface area (Å²) in [4.78, 5) is 17.2. The minimum atomic E-state index is -4.17. The van der Waals surface area contributed by atoms with Crippen molar-refractivity contribution in [2.45, 2.75) is 11.8 Å². The van der Waals surface area contributed by atoms with Crippen LogP contribution in [0.1, 0.15) is 11.1 Å². The van der Waals surface area contributed by atoms with Gasteiger partial charge in [-0.25, -0.2) is 8.42 Å². The van der Waals surface area contributed by atoms with Crippen LogP contribution in [0.5, 0.6) is 17.4 Å². The lowest BCUT2D eigenvalue weighted by Gasteiger charge is -2.12. The number of nitriles is 1. The van der Waals surface area contributed by atoms with E-state index in [-0.39, 0.29) is 16.3 Å². The predicted octanol–water partition coefficient (Wildman–Crippen LogP) is 4.14. The average molecular weight is 474 g/mol. The quantitative estimate of drug-likeness (QED) is 0.387. The van der Waals surface area contributed by atoms with Gasteiger partial charge in [0.15, 0.2) is 0 Å². The zero-order chi connectivity index (χ0) is 24.3. The molecule has 2 heterocycles. The molecule has 0 saturated carbocycles. The highest BCUT2D eigenvalue weighted by atomic mass is 32.2. The molecule has 0 bridgehead atoms.